The van der Waals surface area contributed by atoms with Crippen molar-refractivity contribution in [2.75, 3.05) is 13.1 Å². The van der Waals surface area contributed by atoms with Crippen molar-refractivity contribution in [3.8, 4) is 0 Å². The quantitative estimate of drug-likeness (QED) is 0.148. The average Bonchev–Trinajstić information content (AvgIpc) is 2.73. The summed E-state index contributed by atoms with van der Waals surface area (Å²) in [5, 5.41) is 6.29. The number of hydrogen-bond donors (Lipinski definition) is 3. The molecule has 0 unspecified atom stereocenters. The van der Waals surface area contributed by atoms with E-state index in [2.05, 4.69) is 15.7 Å². The molecule has 0 bridgehead atoms. The number of aldehydes is 2. The molecule has 1 aliphatic rings. The van der Waals surface area contributed by atoms with Gasteiger partial charge in [-0.25, -0.2) is 5.84 Å². The summed E-state index contributed by atoms with van der Waals surface area (Å²) in [5.74, 6) is 5.76. The minimum atomic E-state index is 0. The van der Waals surface area contributed by atoms with Crippen molar-refractivity contribution in [1.29, 1.82) is 0 Å². The van der Waals surface area contributed by atoms with E-state index in [-0.39, 0.29) is 48.8 Å². The average molecular weight is 549 g/mol. The van der Waals surface area contributed by atoms with Crippen molar-refractivity contribution in [1.82, 2.24) is 10.7 Å². The molecule has 0 aromatic heterocycles. The monoisotopic (exact) mass is 548 g/mol. The number of halogens is 3. The standard InChI is InChI=1S/C16H10O2.C4H10N4.2ClH.HI/c17-9-15-11-5-1-2-6-12(11)16(10-18)14-8-4-3-7-13(14)15;5-8-4-6-2-1-3-7-4;;;/h1-10H;1-3,5H2,(H2,6,7,8);3*1H. The maximum Gasteiger partial charge on any atom is 0.205 e. The molecule has 156 valence electrons. The van der Waals surface area contributed by atoms with Gasteiger partial charge in [0.2, 0.25) is 5.96 Å². The Balaban J connectivity index is 0.000000616. The van der Waals surface area contributed by atoms with Gasteiger partial charge >= 0.3 is 0 Å². The van der Waals surface area contributed by atoms with Gasteiger partial charge in [0.15, 0.2) is 12.6 Å². The molecule has 6 nitrogen and oxygen atoms in total. The number of hydrazine groups is 1. The van der Waals surface area contributed by atoms with Gasteiger partial charge in [-0.1, -0.05) is 48.5 Å². The van der Waals surface area contributed by atoms with E-state index in [1.165, 1.54) is 0 Å². The van der Waals surface area contributed by atoms with Crippen LogP contribution in [-0.4, -0.2) is 31.6 Å². The van der Waals surface area contributed by atoms with Crippen LogP contribution in [0.4, 0.5) is 0 Å². The summed E-state index contributed by atoms with van der Waals surface area (Å²) in [6.07, 6.45) is 2.82. The van der Waals surface area contributed by atoms with Crippen LogP contribution in [0.5, 0.6) is 0 Å². The highest BCUT2D eigenvalue weighted by Gasteiger charge is 2.11. The SMILES string of the molecule is Cl.Cl.I.NNC1=NCCCN1.O=Cc1c2ccccc2c(C=O)c2ccccc12. The first-order valence-electron chi connectivity index (χ1n) is 8.39. The van der Waals surface area contributed by atoms with E-state index in [1.807, 2.05) is 48.5 Å². The van der Waals surface area contributed by atoms with E-state index in [0.717, 1.165) is 53.6 Å². The van der Waals surface area contributed by atoms with E-state index in [9.17, 15) is 9.59 Å². The molecule has 4 rings (SSSR count). The van der Waals surface area contributed by atoms with Gasteiger partial charge < -0.3 is 5.32 Å². The minimum absolute atomic E-state index is 0. The molecule has 9 heteroatoms. The second kappa shape index (κ2) is 13.3. The Morgan fingerprint density at radius 1 is 0.862 bits per heavy atom. The van der Waals surface area contributed by atoms with Crippen LogP contribution in [0.15, 0.2) is 53.5 Å². The third kappa shape index (κ3) is 6.02. The smallest absolute Gasteiger partial charge is 0.205 e. The summed E-state index contributed by atoms with van der Waals surface area (Å²) in [4.78, 5) is 26.7. The van der Waals surface area contributed by atoms with Gasteiger partial charge in [0.1, 0.15) is 0 Å². The number of hydrogen-bond acceptors (Lipinski definition) is 6. The number of fused-ring (bicyclic) bond motifs is 2. The maximum absolute atomic E-state index is 11.3. The number of rotatable bonds is 2. The predicted molar refractivity (Wildman–Crippen MR) is 134 cm³/mol. The van der Waals surface area contributed by atoms with Crippen molar-refractivity contribution >= 4 is 88.9 Å². The van der Waals surface area contributed by atoms with Crippen LogP contribution in [0.1, 0.15) is 27.1 Å². The van der Waals surface area contributed by atoms with E-state index >= 15 is 0 Å². The number of benzene rings is 3. The zero-order valence-electron chi connectivity index (χ0n) is 15.5. The van der Waals surface area contributed by atoms with Gasteiger partial charge in [-0.2, -0.15) is 0 Å². The molecule has 1 heterocycles. The predicted octanol–water partition coefficient (Wildman–Crippen LogP) is 3.88. The highest BCUT2D eigenvalue weighted by molar-refractivity contribution is 14.0. The van der Waals surface area contributed by atoms with Gasteiger partial charge in [-0.05, 0) is 28.0 Å². The normalized spacial score (nSPS) is 11.8. The number of aliphatic imine (C=N–C) groups is 1. The number of guanidine groups is 1. The summed E-state index contributed by atoms with van der Waals surface area (Å²) >= 11 is 0. The van der Waals surface area contributed by atoms with Crippen molar-refractivity contribution < 1.29 is 9.59 Å². The topological polar surface area (TPSA) is 96.6 Å². The molecule has 29 heavy (non-hydrogen) atoms. The molecule has 0 aliphatic carbocycles. The van der Waals surface area contributed by atoms with Crippen molar-refractivity contribution in [2.24, 2.45) is 10.8 Å². The van der Waals surface area contributed by atoms with Gasteiger partial charge in [0.25, 0.3) is 0 Å². The first kappa shape index (κ1) is 27.1. The van der Waals surface area contributed by atoms with Crippen LogP contribution in [0.2, 0.25) is 0 Å². The van der Waals surface area contributed by atoms with E-state index in [1.54, 1.807) is 0 Å². The van der Waals surface area contributed by atoms with Crippen molar-refractivity contribution in [3.63, 3.8) is 0 Å². The second-order valence-corrected chi connectivity index (χ2v) is 5.81. The largest absolute Gasteiger partial charge is 0.355 e. The van der Waals surface area contributed by atoms with Crippen LogP contribution in [0.25, 0.3) is 21.5 Å². The first-order valence-corrected chi connectivity index (χ1v) is 8.39. The third-order valence-corrected chi connectivity index (χ3v) is 4.28. The van der Waals surface area contributed by atoms with Crippen molar-refractivity contribution in [2.45, 2.75) is 6.42 Å². The number of nitrogens with two attached hydrogens (primary N) is 1. The van der Waals surface area contributed by atoms with Gasteiger partial charge in [0.05, 0.1) is 0 Å². The number of carbonyl (C=O) groups is 2. The molecule has 0 fully saturated rings. The Morgan fingerprint density at radius 2 is 1.28 bits per heavy atom. The Kier molecular flexibility index (Phi) is 12.4. The zero-order chi connectivity index (χ0) is 18.4. The van der Waals surface area contributed by atoms with Crippen LogP contribution < -0.4 is 16.6 Å². The number of carbonyl (C=O) groups excluding carboxylic acids is 2. The Morgan fingerprint density at radius 3 is 1.52 bits per heavy atom. The molecular formula is C20H23Cl2IN4O2. The Bertz CT molecular complexity index is 876. The summed E-state index contributed by atoms with van der Waals surface area (Å²) in [6.45, 7) is 1.86. The second-order valence-electron chi connectivity index (χ2n) is 5.81. The molecular weight excluding hydrogens is 526 g/mol. The fourth-order valence-corrected chi connectivity index (χ4v) is 3.08. The van der Waals surface area contributed by atoms with E-state index < -0.39 is 0 Å². The molecule has 0 amide bonds. The summed E-state index contributed by atoms with van der Waals surface area (Å²) in [5.41, 5.74) is 3.73. The first-order chi connectivity index (χ1) is 12.8. The third-order valence-electron chi connectivity index (χ3n) is 4.28. The van der Waals surface area contributed by atoms with E-state index in [4.69, 9.17) is 5.84 Å². The molecule has 1 aliphatic heterocycles. The molecule has 3 aromatic carbocycles. The summed E-state index contributed by atoms with van der Waals surface area (Å²) in [6, 6.07) is 15.0. The maximum atomic E-state index is 11.3. The molecule has 3 aromatic rings. The lowest BCUT2D eigenvalue weighted by Crippen LogP contribution is -2.44. The molecule has 0 spiro atoms. The molecule has 0 saturated carbocycles. The van der Waals surface area contributed by atoms with Crippen LogP contribution in [0, 0.1) is 0 Å². The highest BCUT2D eigenvalue weighted by atomic mass is 127. The molecule has 0 radical (unpaired) electrons. The lowest BCUT2D eigenvalue weighted by molar-refractivity contribution is 0.111. The minimum Gasteiger partial charge on any atom is -0.355 e. The van der Waals surface area contributed by atoms with Gasteiger partial charge in [-0.3, -0.25) is 20.0 Å². The fourth-order valence-electron chi connectivity index (χ4n) is 3.08. The van der Waals surface area contributed by atoms with Crippen LogP contribution in [-0.2, 0) is 0 Å². The summed E-state index contributed by atoms with van der Waals surface area (Å²) in [7, 11) is 0. The fraction of sp³-hybridized carbons (Fsp3) is 0.150. The number of nitrogens with zero attached hydrogens (tertiary/aromatic N) is 1. The van der Waals surface area contributed by atoms with E-state index in [0.29, 0.717) is 17.1 Å². The van der Waals surface area contributed by atoms with Crippen LogP contribution in [0.3, 0.4) is 0 Å². The summed E-state index contributed by atoms with van der Waals surface area (Å²) < 4.78 is 0. The molecule has 0 atom stereocenters. The molecule has 0 saturated heterocycles. The van der Waals surface area contributed by atoms with Gasteiger partial charge in [-0.15, -0.1) is 48.8 Å². The van der Waals surface area contributed by atoms with Crippen LogP contribution >= 0.6 is 48.8 Å². The lowest BCUT2D eigenvalue weighted by Gasteiger charge is -2.12. The van der Waals surface area contributed by atoms with Gasteiger partial charge in [0, 0.05) is 24.2 Å². The lowest BCUT2D eigenvalue weighted by atomic mass is 9.93. The van der Waals surface area contributed by atoms with Crippen molar-refractivity contribution in [3.05, 3.63) is 59.7 Å². The Hall–Kier alpha value is -1.94. The molecule has 4 N–H and O–H groups in total. The Labute approximate surface area is 198 Å². The number of nitrogens with one attached hydrogen (secondary N) is 2. The zero-order valence-corrected chi connectivity index (χ0v) is 19.4. The highest BCUT2D eigenvalue weighted by Crippen LogP contribution is 2.30.